The number of benzene rings is 1. The number of aromatic nitrogens is 1. The Bertz CT molecular complexity index is 681. The van der Waals surface area contributed by atoms with E-state index < -0.39 is 0 Å². The van der Waals surface area contributed by atoms with Gasteiger partial charge in [-0.1, -0.05) is 5.16 Å². The molecular weight excluding hydrogens is 325 g/mol. The number of carbonyl (C=O) groups is 1. The van der Waals surface area contributed by atoms with E-state index in [0.717, 1.165) is 44.0 Å². The van der Waals surface area contributed by atoms with Crippen molar-refractivity contribution in [3.8, 4) is 11.3 Å². The molecule has 1 aliphatic rings. The lowest BCUT2D eigenvalue weighted by atomic mass is 10.1. The number of carbonyl (C=O) groups excluding carboxylic acids is 1. The number of halogens is 1. The number of amides is 1. The molecule has 0 spiro atoms. The molecule has 6 nitrogen and oxygen atoms in total. The Morgan fingerprint density at radius 1 is 1.24 bits per heavy atom. The third kappa shape index (κ3) is 5.11. The number of morpholine rings is 1. The lowest BCUT2D eigenvalue weighted by molar-refractivity contribution is -0.121. The van der Waals surface area contributed by atoms with Crippen LogP contribution in [0, 0.1) is 5.82 Å². The molecule has 134 valence electrons. The van der Waals surface area contributed by atoms with Gasteiger partial charge in [-0.15, -0.1) is 0 Å². The van der Waals surface area contributed by atoms with Gasteiger partial charge in [-0.25, -0.2) is 4.39 Å². The molecule has 0 aliphatic carbocycles. The summed E-state index contributed by atoms with van der Waals surface area (Å²) in [6.07, 6.45) is 2.50. The van der Waals surface area contributed by atoms with Gasteiger partial charge < -0.3 is 14.6 Å². The Morgan fingerprint density at radius 2 is 2.00 bits per heavy atom. The summed E-state index contributed by atoms with van der Waals surface area (Å²) in [5.41, 5.74) is 1.59. The molecule has 1 N–H and O–H groups in total. The Kier molecular flexibility index (Phi) is 6.14. The van der Waals surface area contributed by atoms with Crippen LogP contribution in [-0.2, 0) is 16.0 Å². The molecule has 1 saturated heterocycles. The minimum absolute atomic E-state index is 0.000449. The first-order valence-corrected chi connectivity index (χ1v) is 8.48. The zero-order chi connectivity index (χ0) is 17.5. The maximum atomic E-state index is 13.0. The summed E-state index contributed by atoms with van der Waals surface area (Å²) in [5, 5.41) is 6.74. The van der Waals surface area contributed by atoms with Crippen molar-refractivity contribution < 1.29 is 18.4 Å². The molecular formula is C18H22FN3O3. The monoisotopic (exact) mass is 347 g/mol. The van der Waals surface area contributed by atoms with Crippen LogP contribution in [0.4, 0.5) is 4.39 Å². The molecule has 0 unspecified atom stereocenters. The van der Waals surface area contributed by atoms with Gasteiger partial charge in [-0.3, -0.25) is 9.69 Å². The fourth-order valence-electron chi connectivity index (χ4n) is 2.79. The second kappa shape index (κ2) is 8.73. The number of nitrogens with one attached hydrogen (secondary N) is 1. The number of ether oxygens (including phenoxy) is 1. The van der Waals surface area contributed by atoms with Crippen molar-refractivity contribution in [1.29, 1.82) is 0 Å². The second-order valence-corrected chi connectivity index (χ2v) is 5.99. The maximum absolute atomic E-state index is 13.0. The standard InChI is InChI=1S/C18H22FN3O3/c19-16-4-1-14(2-5-16)18-15(13-21-25-18)3-6-17(23)20-7-8-22-9-11-24-12-10-22/h1-2,4-5,13H,3,6-12H2,(H,20,23). The van der Waals surface area contributed by atoms with Gasteiger partial charge in [0.15, 0.2) is 5.76 Å². The largest absolute Gasteiger partial charge is 0.379 e. The summed E-state index contributed by atoms with van der Waals surface area (Å²) in [6.45, 7) is 4.81. The zero-order valence-electron chi connectivity index (χ0n) is 14.0. The van der Waals surface area contributed by atoms with Crippen LogP contribution in [0.5, 0.6) is 0 Å². The van der Waals surface area contributed by atoms with Crippen LogP contribution in [0.2, 0.25) is 0 Å². The maximum Gasteiger partial charge on any atom is 0.220 e. The van der Waals surface area contributed by atoms with Crippen LogP contribution < -0.4 is 5.32 Å². The van der Waals surface area contributed by atoms with Crippen LogP contribution in [0.25, 0.3) is 11.3 Å². The molecule has 2 heterocycles. The van der Waals surface area contributed by atoms with Gasteiger partial charge in [0.05, 0.1) is 19.4 Å². The van der Waals surface area contributed by atoms with E-state index in [2.05, 4.69) is 15.4 Å². The summed E-state index contributed by atoms with van der Waals surface area (Å²) in [7, 11) is 0. The minimum atomic E-state index is -0.301. The van der Waals surface area contributed by atoms with Crippen LogP contribution in [0.1, 0.15) is 12.0 Å². The summed E-state index contributed by atoms with van der Waals surface area (Å²) >= 11 is 0. The summed E-state index contributed by atoms with van der Waals surface area (Å²) in [4.78, 5) is 14.3. The molecule has 1 aromatic carbocycles. The van der Waals surface area contributed by atoms with Gasteiger partial charge in [-0.2, -0.15) is 0 Å². The first kappa shape index (κ1) is 17.6. The number of rotatable bonds is 7. The Morgan fingerprint density at radius 3 is 2.76 bits per heavy atom. The summed E-state index contributed by atoms with van der Waals surface area (Å²) in [6, 6.07) is 6.03. The van der Waals surface area contributed by atoms with Crippen molar-refractivity contribution >= 4 is 5.91 Å². The van der Waals surface area contributed by atoms with Crippen molar-refractivity contribution in [1.82, 2.24) is 15.4 Å². The quantitative estimate of drug-likeness (QED) is 0.828. The van der Waals surface area contributed by atoms with Gasteiger partial charge in [0, 0.05) is 43.7 Å². The van der Waals surface area contributed by atoms with E-state index in [4.69, 9.17) is 9.26 Å². The Labute approximate surface area is 145 Å². The predicted molar refractivity (Wildman–Crippen MR) is 90.5 cm³/mol. The highest BCUT2D eigenvalue weighted by Gasteiger charge is 2.13. The van der Waals surface area contributed by atoms with E-state index in [9.17, 15) is 9.18 Å². The van der Waals surface area contributed by atoms with Crippen molar-refractivity contribution in [3.63, 3.8) is 0 Å². The van der Waals surface area contributed by atoms with E-state index in [1.165, 1.54) is 12.1 Å². The zero-order valence-corrected chi connectivity index (χ0v) is 14.0. The average Bonchev–Trinajstić information content (AvgIpc) is 3.10. The van der Waals surface area contributed by atoms with Gasteiger partial charge in [0.1, 0.15) is 5.82 Å². The van der Waals surface area contributed by atoms with Crippen LogP contribution in [-0.4, -0.2) is 55.4 Å². The number of hydrogen-bond donors (Lipinski definition) is 1. The van der Waals surface area contributed by atoms with Gasteiger partial charge >= 0.3 is 0 Å². The summed E-state index contributed by atoms with van der Waals surface area (Å²) in [5.74, 6) is 0.282. The molecule has 25 heavy (non-hydrogen) atoms. The van der Waals surface area contributed by atoms with Crippen LogP contribution in [0.3, 0.4) is 0 Å². The molecule has 0 saturated carbocycles. The Hall–Kier alpha value is -2.25. The molecule has 1 fully saturated rings. The molecule has 0 bridgehead atoms. The highest BCUT2D eigenvalue weighted by atomic mass is 19.1. The normalized spacial score (nSPS) is 15.2. The Balaban J connectivity index is 1.44. The average molecular weight is 347 g/mol. The van der Waals surface area contributed by atoms with Crippen LogP contribution in [0.15, 0.2) is 35.0 Å². The van der Waals surface area contributed by atoms with Gasteiger partial charge in [0.25, 0.3) is 0 Å². The molecule has 1 aliphatic heterocycles. The van der Waals surface area contributed by atoms with Crippen molar-refractivity contribution in [2.45, 2.75) is 12.8 Å². The lowest BCUT2D eigenvalue weighted by Crippen LogP contribution is -2.41. The minimum Gasteiger partial charge on any atom is -0.379 e. The van der Waals surface area contributed by atoms with E-state index in [0.29, 0.717) is 25.1 Å². The molecule has 3 rings (SSSR count). The lowest BCUT2D eigenvalue weighted by Gasteiger charge is -2.26. The first-order chi connectivity index (χ1) is 12.2. The SMILES string of the molecule is O=C(CCc1cnoc1-c1ccc(F)cc1)NCCN1CCOCC1. The van der Waals surface area contributed by atoms with Crippen molar-refractivity contribution in [2.75, 3.05) is 39.4 Å². The molecule has 1 aromatic heterocycles. The highest BCUT2D eigenvalue weighted by molar-refractivity contribution is 5.76. The van der Waals surface area contributed by atoms with E-state index >= 15 is 0 Å². The molecule has 2 aromatic rings. The van der Waals surface area contributed by atoms with Crippen LogP contribution >= 0.6 is 0 Å². The fourth-order valence-corrected chi connectivity index (χ4v) is 2.79. The van der Waals surface area contributed by atoms with Gasteiger partial charge in [0.2, 0.25) is 5.91 Å². The topological polar surface area (TPSA) is 67.6 Å². The van der Waals surface area contributed by atoms with E-state index in [-0.39, 0.29) is 11.7 Å². The van der Waals surface area contributed by atoms with Gasteiger partial charge in [-0.05, 0) is 30.7 Å². The third-order valence-electron chi connectivity index (χ3n) is 4.23. The number of nitrogens with zero attached hydrogens (tertiary/aromatic N) is 2. The van der Waals surface area contributed by atoms with Crippen molar-refractivity contribution in [3.05, 3.63) is 41.8 Å². The van der Waals surface area contributed by atoms with E-state index in [1.54, 1.807) is 18.3 Å². The highest BCUT2D eigenvalue weighted by Crippen LogP contribution is 2.24. The smallest absolute Gasteiger partial charge is 0.220 e. The molecule has 1 amide bonds. The fraction of sp³-hybridized carbons (Fsp3) is 0.444. The molecule has 0 radical (unpaired) electrons. The van der Waals surface area contributed by atoms with Crippen molar-refractivity contribution in [2.24, 2.45) is 0 Å². The molecule has 0 atom stereocenters. The van der Waals surface area contributed by atoms with E-state index in [1.807, 2.05) is 0 Å². The predicted octanol–water partition coefficient (Wildman–Crippen LogP) is 1.86. The third-order valence-corrected chi connectivity index (χ3v) is 4.23. The summed E-state index contributed by atoms with van der Waals surface area (Å²) < 4.78 is 23.6. The molecule has 7 heteroatoms. The number of aryl methyl sites for hydroxylation is 1. The first-order valence-electron chi connectivity index (χ1n) is 8.48. The number of hydrogen-bond acceptors (Lipinski definition) is 5. The second-order valence-electron chi connectivity index (χ2n) is 5.99.